The molecule has 0 aliphatic carbocycles. The van der Waals surface area contributed by atoms with Crippen molar-refractivity contribution >= 4 is 29.4 Å². The summed E-state index contributed by atoms with van der Waals surface area (Å²) in [6, 6.07) is 6.75. The van der Waals surface area contributed by atoms with Gasteiger partial charge < -0.3 is 14.0 Å². The number of carbonyl (C=O) groups excluding carboxylic acids is 2. The van der Waals surface area contributed by atoms with Crippen LogP contribution in [0.2, 0.25) is 5.02 Å². The SMILES string of the molecule is CCOC(=O)c1c(-c2ccc(Cl)cc2)noc1NC(=O)C1CCCO1. The quantitative estimate of drug-likeness (QED) is 0.818. The summed E-state index contributed by atoms with van der Waals surface area (Å²) in [6.07, 6.45) is 0.882. The Kier molecular flexibility index (Phi) is 5.35. The molecule has 8 heteroatoms. The number of esters is 1. The van der Waals surface area contributed by atoms with Crippen LogP contribution in [0.1, 0.15) is 30.1 Å². The normalized spacial score (nSPS) is 16.6. The summed E-state index contributed by atoms with van der Waals surface area (Å²) in [5, 5.41) is 7.05. The predicted molar refractivity (Wildman–Crippen MR) is 90.5 cm³/mol. The van der Waals surface area contributed by atoms with Crippen LogP contribution in [0.25, 0.3) is 11.3 Å². The van der Waals surface area contributed by atoms with Crippen molar-refractivity contribution in [3.63, 3.8) is 0 Å². The van der Waals surface area contributed by atoms with Gasteiger partial charge in [0, 0.05) is 17.2 Å². The largest absolute Gasteiger partial charge is 0.462 e. The molecule has 1 aromatic carbocycles. The number of hydrogen-bond acceptors (Lipinski definition) is 6. The minimum atomic E-state index is -0.628. The zero-order valence-electron chi connectivity index (χ0n) is 13.6. The summed E-state index contributed by atoms with van der Waals surface area (Å²) in [5.41, 5.74) is 0.960. The van der Waals surface area contributed by atoms with Crippen LogP contribution >= 0.6 is 11.6 Å². The van der Waals surface area contributed by atoms with Crippen LogP contribution in [0.4, 0.5) is 5.88 Å². The van der Waals surface area contributed by atoms with Crippen LogP contribution in [0.15, 0.2) is 28.8 Å². The highest BCUT2D eigenvalue weighted by molar-refractivity contribution is 6.30. The highest BCUT2D eigenvalue weighted by atomic mass is 35.5. The molecular formula is C17H17ClN2O5. The smallest absolute Gasteiger partial charge is 0.346 e. The van der Waals surface area contributed by atoms with Gasteiger partial charge in [-0.25, -0.2) is 4.79 Å². The topological polar surface area (TPSA) is 90.7 Å². The molecule has 1 N–H and O–H groups in total. The van der Waals surface area contributed by atoms with Gasteiger partial charge in [-0.3, -0.25) is 10.1 Å². The Morgan fingerprint density at radius 3 is 2.76 bits per heavy atom. The maximum Gasteiger partial charge on any atom is 0.346 e. The van der Waals surface area contributed by atoms with Crippen molar-refractivity contribution in [1.29, 1.82) is 0 Å². The summed E-state index contributed by atoms with van der Waals surface area (Å²) in [5.74, 6) is -1.05. The molecule has 0 radical (unpaired) electrons. The van der Waals surface area contributed by atoms with E-state index in [0.29, 0.717) is 23.6 Å². The van der Waals surface area contributed by atoms with Crippen molar-refractivity contribution in [3.05, 3.63) is 34.9 Å². The highest BCUT2D eigenvalue weighted by Gasteiger charge is 2.30. The lowest BCUT2D eigenvalue weighted by atomic mass is 10.1. The van der Waals surface area contributed by atoms with Crippen molar-refractivity contribution in [2.75, 3.05) is 18.5 Å². The molecule has 2 heterocycles. The standard InChI is InChI=1S/C17H17ClN2O5/c1-2-23-17(22)13-14(10-5-7-11(18)8-6-10)20-25-16(13)19-15(21)12-4-3-9-24-12/h5-8,12H,2-4,9H2,1H3,(H,19,21). The van der Waals surface area contributed by atoms with E-state index in [1.807, 2.05) is 0 Å². The lowest BCUT2D eigenvalue weighted by Gasteiger charge is -2.09. The Balaban J connectivity index is 1.93. The number of hydrogen-bond donors (Lipinski definition) is 1. The van der Waals surface area contributed by atoms with E-state index in [-0.39, 0.29) is 29.7 Å². The number of benzene rings is 1. The zero-order chi connectivity index (χ0) is 17.8. The van der Waals surface area contributed by atoms with Crippen molar-refractivity contribution < 1.29 is 23.6 Å². The molecule has 25 heavy (non-hydrogen) atoms. The number of rotatable bonds is 5. The summed E-state index contributed by atoms with van der Waals surface area (Å²) in [7, 11) is 0. The molecule has 3 rings (SSSR count). The molecule has 1 saturated heterocycles. The molecule has 132 valence electrons. The Hall–Kier alpha value is -2.38. The van der Waals surface area contributed by atoms with Crippen molar-refractivity contribution in [2.24, 2.45) is 0 Å². The Labute approximate surface area is 149 Å². The second-order valence-corrected chi connectivity index (χ2v) is 5.89. The number of aromatic nitrogens is 1. The van der Waals surface area contributed by atoms with E-state index in [1.54, 1.807) is 31.2 Å². The molecule has 0 bridgehead atoms. The fourth-order valence-corrected chi connectivity index (χ4v) is 2.68. The maximum atomic E-state index is 12.4. The monoisotopic (exact) mass is 364 g/mol. The lowest BCUT2D eigenvalue weighted by molar-refractivity contribution is -0.124. The second-order valence-electron chi connectivity index (χ2n) is 5.45. The molecule has 1 unspecified atom stereocenters. The van der Waals surface area contributed by atoms with E-state index in [9.17, 15) is 9.59 Å². The molecule has 1 aromatic heterocycles. The van der Waals surface area contributed by atoms with E-state index >= 15 is 0 Å². The van der Waals surface area contributed by atoms with Gasteiger partial charge >= 0.3 is 5.97 Å². The van der Waals surface area contributed by atoms with Gasteiger partial charge in [-0.2, -0.15) is 0 Å². The Morgan fingerprint density at radius 1 is 1.36 bits per heavy atom. The summed E-state index contributed by atoms with van der Waals surface area (Å²) in [6.45, 7) is 2.41. The maximum absolute atomic E-state index is 12.4. The average Bonchev–Trinajstić information content (AvgIpc) is 3.25. The number of anilines is 1. The first-order valence-electron chi connectivity index (χ1n) is 7.95. The molecule has 2 aromatic rings. The number of halogens is 1. The second kappa shape index (κ2) is 7.67. The van der Waals surface area contributed by atoms with Gasteiger partial charge in [0.2, 0.25) is 5.88 Å². The van der Waals surface area contributed by atoms with E-state index in [0.717, 1.165) is 6.42 Å². The Bertz CT molecular complexity index is 766. The minimum Gasteiger partial charge on any atom is -0.462 e. The van der Waals surface area contributed by atoms with Gasteiger partial charge in [0.05, 0.1) is 6.61 Å². The molecule has 1 aliphatic heterocycles. The van der Waals surface area contributed by atoms with Crippen LogP contribution in [0.3, 0.4) is 0 Å². The van der Waals surface area contributed by atoms with Gasteiger partial charge in [-0.1, -0.05) is 28.9 Å². The van der Waals surface area contributed by atoms with Gasteiger partial charge in [0.1, 0.15) is 11.8 Å². The average molecular weight is 365 g/mol. The molecule has 7 nitrogen and oxygen atoms in total. The van der Waals surface area contributed by atoms with Crippen LogP contribution in [-0.2, 0) is 14.3 Å². The first-order valence-corrected chi connectivity index (χ1v) is 8.33. The minimum absolute atomic E-state index is 0.0519. The van der Waals surface area contributed by atoms with E-state index < -0.39 is 12.1 Å². The van der Waals surface area contributed by atoms with Crippen LogP contribution in [-0.4, -0.2) is 36.4 Å². The van der Waals surface area contributed by atoms with Gasteiger partial charge in [-0.05, 0) is 31.9 Å². The molecule has 1 amide bonds. The van der Waals surface area contributed by atoms with Crippen LogP contribution in [0, 0.1) is 0 Å². The third-order valence-corrected chi connectivity index (χ3v) is 4.00. The third-order valence-electron chi connectivity index (χ3n) is 3.75. The number of nitrogens with zero attached hydrogens (tertiary/aromatic N) is 1. The van der Waals surface area contributed by atoms with E-state index in [2.05, 4.69) is 10.5 Å². The zero-order valence-corrected chi connectivity index (χ0v) is 14.3. The fourth-order valence-electron chi connectivity index (χ4n) is 2.55. The molecule has 0 saturated carbocycles. The number of amides is 1. The number of carbonyl (C=O) groups is 2. The van der Waals surface area contributed by atoms with Crippen LogP contribution in [0.5, 0.6) is 0 Å². The predicted octanol–water partition coefficient (Wildman–Crippen LogP) is 3.29. The molecule has 1 aliphatic rings. The molecule has 1 fully saturated rings. The summed E-state index contributed by atoms with van der Waals surface area (Å²) >= 11 is 5.89. The van der Waals surface area contributed by atoms with Crippen molar-refractivity contribution in [2.45, 2.75) is 25.9 Å². The fraction of sp³-hybridized carbons (Fsp3) is 0.353. The summed E-state index contributed by atoms with van der Waals surface area (Å²) < 4.78 is 15.6. The molecular weight excluding hydrogens is 348 g/mol. The van der Waals surface area contributed by atoms with Crippen molar-refractivity contribution in [1.82, 2.24) is 5.16 Å². The number of nitrogens with one attached hydrogen (secondary N) is 1. The summed E-state index contributed by atoms with van der Waals surface area (Å²) in [4.78, 5) is 24.6. The third kappa shape index (κ3) is 3.83. The Morgan fingerprint density at radius 2 is 2.12 bits per heavy atom. The highest BCUT2D eigenvalue weighted by Crippen LogP contribution is 2.31. The first-order chi connectivity index (χ1) is 12.1. The first kappa shape index (κ1) is 17.4. The lowest BCUT2D eigenvalue weighted by Crippen LogP contribution is -2.27. The molecule has 1 atom stereocenters. The van der Waals surface area contributed by atoms with Gasteiger partial charge in [0.15, 0.2) is 5.56 Å². The van der Waals surface area contributed by atoms with Gasteiger partial charge in [-0.15, -0.1) is 0 Å². The van der Waals surface area contributed by atoms with Crippen LogP contribution < -0.4 is 5.32 Å². The number of ether oxygens (including phenoxy) is 2. The molecule has 0 spiro atoms. The van der Waals surface area contributed by atoms with E-state index in [4.69, 9.17) is 25.6 Å². The van der Waals surface area contributed by atoms with E-state index in [1.165, 1.54) is 0 Å². The van der Waals surface area contributed by atoms with Gasteiger partial charge in [0.25, 0.3) is 5.91 Å². The van der Waals surface area contributed by atoms with Crippen molar-refractivity contribution in [3.8, 4) is 11.3 Å².